The second-order valence-electron chi connectivity index (χ2n) is 5.97. The minimum atomic E-state index is -2.46. The molecule has 0 spiro atoms. The number of carbonyl (C=O) groups is 1. The monoisotopic (exact) mass is 299 g/mol. The molecule has 0 radical (unpaired) electrons. The van der Waals surface area contributed by atoms with Gasteiger partial charge in [0.05, 0.1) is 0 Å². The average Bonchev–Trinajstić information content (AvgIpc) is 2.73. The number of nitrogens with zero attached hydrogens (tertiary/aromatic N) is 3. The normalized spacial score (nSPS) is 20.1. The van der Waals surface area contributed by atoms with E-state index in [0.29, 0.717) is 5.92 Å². The van der Waals surface area contributed by atoms with E-state index in [4.69, 9.17) is 0 Å². The van der Waals surface area contributed by atoms with E-state index >= 15 is 0 Å². The molecule has 1 aromatic heterocycles. The quantitative estimate of drug-likeness (QED) is 0.856. The van der Waals surface area contributed by atoms with Crippen LogP contribution in [0.25, 0.3) is 0 Å². The van der Waals surface area contributed by atoms with E-state index in [2.05, 4.69) is 18.9 Å². The van der Waals surface area contributed by atoms with Crippen LogP contribution in [-0.4, -0.2) is 39.6 Å². The maximum Gasteiger partial charge on any atom is 0.274 e. The van der Waals surface area contributed by atoms with Crippen LogP contribution in [0.3, 0.4) is 0 Å². The lowest BCUT2D eigenvalue weighted by atomic mass is 9.98. The highest BCUT2D eigenvalue weighted by Crippen LogP contribution is 2.24. The molecule has 118 valence electrons. The summed E-state index contributed by atoms with van der Waals surface area (Å²) in [6.07, 6.45) is 3.24. The zero-order valence-corrected chi connectivity index (χ0v) is 12.6. The molecule has 21 heavy (non-hydrogen) atoms. The maximum absolute atomic E-state index is 12.6. The minimum Gasteiger partial charge on any atom is -0.334 e. The van der Waals surface area contributed by atoms with E-state index in [1.807, 2.05) is 4.90 Å². The largest absolute Gasteiger partial charge is 0.334 e. The molecular weight excluding hydrogens is 276 g/mol. The molecule has 2 heterocycles. The maximum atomic E-state index is 12.6. The second-order valence-corrected chi connectivity index (χ2v) is 5.97. The van der Waals surface area contributed by atoms with E-state index in [1.165, 1.54) is 12.3 Å². The first kappa shape index (κ1) is 15.9. The number of hydrogen-bond donors (Lipinski definition) is 0. The Morgan fingerprint density at radius 1 is 1.38 bits per heavy atom. The lowest BCUT2D eigenvalue weighted by Gasteiger charge is -2.32. The van der Waals surface area contributed by atoms with Crippen LogP contribution in [0.15, 0.2) is 12.3 Å². The van der Waals surface area contributed by atoms with Gasteiger partial charge in [-0.2, -0.15) is 5.10 Å². The molecule has 0 bridgehead atoms. The third kappa shape index (κ3) is 4.02. The number of carbonyl (C=O) groups excluding carboxylic acids is 1. The van der Waals surface area contributed by atoms with Gasteiger partial charge in [-0.15, -0.1) is 0 Å². The van der Waals surface area contributed by atoms with Crippen LogP contribution in [0.2, 0.25) is 0 Å². The standard InChI is InChI=1S/C15H23F2N3O/c1-11(2)13-6-4-3-5-8-20(13)15(21)12-7-9-19(18-12)10-14(16)17/h7,9,11,13-14H,3-6,8,10H2,1-2H3/t13-/m0/s1. The van der Waals surface area contributed by atoms with Gasteiger partial charge in [-0.05, 0) is 24.8 Å². The highest BCUT2D eigenvalue weighted by atomic mass is 19.3. The summed E-state index contributed by atoms with van der Waals surface area (Å²) in [5, 5.41) is 4.00. The number of rotatable bonds is 4. The lowest BCUT2D eigenvalue weighted by molar-refractivity contribution is 0.0622. The minimum absolute atomic E-state index is 0.136. The van der Waals surface area contributed by atoms with Crippen molar-refractivity contribution in [3.8, 4) is 0 Å². The van der Waals surface area contributed by atoms with Gasteiger partial charge in [-0.25, -0.2) is 8.78 Å². The third-order valence-corrected chi connectivity index (χ3v) is 4.01. The SMILES string of the molecule is CC(C)[C@@H]1CCCCCN1C(=O)c1ccn(CC(F)F)n1. The van der Waals surface area contributed by atoms with Gasteiger partial charge in [0.15, 0.2) is 0 Å². The molecule has 0 aliphatic carbocycles. The Morgan fingerprint density at radius 2 is 2.14 bits per heavy atom. The first-order valence-electron chi connectivity index (χ1n) is 7.61. The fourth-order valence-electron chi connectivity index (χ4n) is 2.95. The Balaban J connectivity index is 2.14. The van der Waals surface area contributed by atoms with Crippen LogP contribution < -0.4 is 0 Å². The van der Waals surface area contributed by atoms with Gasteiger partial charge in [0.2, 0.25) is 0 Å². The summed E-state index contributed by atoms with van der Waals surface area (Å²) in [5.41, 5.74) is 0.267. The van der Waals surface area contributed by atoms with Gasteiger partial charge in [0.25, 0.3) is 12.3 Å². The van der Waals surface area contributed by atoms with E-state index in [-0.39, 0.29) is 17.6 Å². The van der Waals surface area contributed by atoms with Crippen LogP contribution >= 0.6 is 0 Å². The fraction of sp³-hybridized carbons (Fsp3) is 0.733. The summed E-state index contributed by atoms with van der Waals surface area (Å²) in [6, 6.07) is 1.74. The summed E-state index contributed by atoms with van der Waals surface area (Å²) in [4.78, 5) is 14.5. The summed E-state index contributed by atoms with van der Waals surface area (Å²) in [5.74, 6) is 0.249. The Morgan fingerprint density at radius 3 is 2.81 bits per heavy atom. The van der Waals surface area contributed by atoms with Gasteiger partial charge >= 0.3 is 0 Å². The molecule has 0 aromatic carbocycles. The number of amides is 1. The molecule has 1 aliphatic rings. The third-order valence-electron chi connectivity index (χ3n) is 4.01. The van der Waals surface area contributed by atoms with Gasteiger partial charge in [0.1, 0.15) is 12.2 Å². The number of aromatic nitrogens is 2. The number of alkyl halides is 2. The second kappa shape index (κ2) is 7.00. The van der Waals surface area contributed by atoms with Crippen molar-refractivity contribution in [2.45, 2.75) is 58.5 Å². The Bertz CT molecular complexity index is 473. The van der Waals surface area contributed by atoms with E-state index in [9.17, 15) is 13.6 Å². The van der Waals surface area contributed by atoms with Crippen LogP contribution in [0.1, 0.15) is 50.0 Å². The van der Waals surface area contributed by atoms with Gasteiger partial charge in [-0.1, -0.05) is 26.7 Å². The molecule has 0 N–H and O–H groups in total. The summed E-state index contributed by atoms with van der Waals surface area (Å²) in [7, 11) is 0. The molecule has 2 rings (SSSR count). The van der Waals surface area contributed by atoms with Crippen molar-refractivity contribution in [1.29, 1.82) is 0 Å². The lowest BCUT2D eigenvalue weighted by Crippen LogP contribution is -2.43. The first-order chi connectivity index (χ1) is 9.99. The van der Waals surface area contributed by atoms with E-state index < -0.39 is 13.0 Å². The summed E-state index contributed by atoms with van der Waals surface area (Å²) < 4.78 is 25.8. The van der Waals surface area contributed by atoms with Crippen molar-refractivity contribution in [2.75, 3.05) is 6.54 Å². The Kier molecular flexibility index (Phi) is 5.31. The zero-order valence-electron chi connectivity index (χ0n) is 12.6. The van der Waals surface area contributed by atoms with Crippen molar-refractivity contribution in [3.05, 3.63) is 18.0 Å². The highest BCUT2D eigenvalue weighted by molar-refractivity contribution is 5.92. The molecule has 4 nitrogen and oxygen atoms in total. The number of likely N-dealkylation sites (tertiary alicyclic amines) is 1. The van der Waals surface area contributed by atoms with Crippen molar-refractivity contribution in [3.63, 3.8) is 0 Å². The number of hydrogen-bond acceptors (Lipinski definition) is 2. The van der Waals surface area contributed by atoms with Gasteiger partial charge in [0, 0.05) is 18.8 Å². The van der Waals surface area contributed by atoms with Crippen LogP contribution in [0.5, 0.6) is 0 Å². The summed E-state index contributed by atoms with van der Waals surface area (Å²) >= 11 is 0. The van der Waals surface area contributed by atoms with E-state index in [0.717, 1.165) is 36.9 Å². The average molecular weight is 299 g/mol. The molecule has 1 saturated heterocycles. The summed E-state index contributed by atoms with van der Waals surface area (Å²) in [6.45, 7) is 4.49. The van der Waals surface area contributed by atoms with Gasteiger partial charge in [-0.3, -0.25) is 9.48 Å². The topological polar surface area (TPSA) is 38.1 Å². The van der Waals surface area contributed by atoms with E-state index in [1.54, 1.807) is 0 Å². The molecule has 0 unspecified atom stereocenters. The molecule has 6 heteroatoms. The molecule has 1 aliphatic heterocycles. The van der Waals surface area contributed by atoms with Crippen molar-refractivity contribution >= 4 is 5.91 Å². The van der Waals surface area contributed by atoms with Crippen LogP contribution in [0, 0.1) is 5.92 Å². The van der Waals surface area contributed by atoms with Crippen molar-refractivity contribution in [2.24, 2.45) is 5.92 Å². The Labute approximate surface area is 124 Å². The predicted octanol–water partition coefficient (Wildman–Crippen LogP) is 3.19. The highest BCUT2D eigenvalue weighted by Gasteiger charge is 2.29. The molecule has 1 fully saturated rings. The molecule has 1 atom stereocenters. The van der Waals surface area contributed by atoms with Gasteiger partial charge < -0.3 is 4.90 Å². The molecule has 1 aromatic rings. The smallest absolute Gasteiger partial charge is 0.274 e. The molecular formula is C15H23F2N3O. The fourth-order valence-corrected chi connectivity index (χ4v) is 2.95. The van der Waals surface area contributed by atoms with Crippen molar-refractivity contribution < 1.29 is 13.6 Å². The Hall–Kier alpha value is -1.46. The molecule has 1 amide bonds. The molecule has 0 saturated carbocycles. The number of halogens is 2. The van der Waals surface area contributed by atoms with Crippen molar-refractivity contribution in [1.82, 2.24) is 14.7 Å². The predicted molar refractivity (Wildman–Crippen MR) is 76.4 cm³/mol. The van der Waals surface area contributed by atoms with Crippen LogP contribution in [-0.2, 0) is 6.54 Å². The van der Waals surface area contributed by atoms with Crippen LogP contribution in [0.4, 0.5) is 8.78 Å². The first-order valence-corrected chi connectivity index (χ1v) is 7.61. The zero-order chi connectivity index (χ0) is 15.4.